The normalized spacial score (nSPS) is 15.3. The van der Waals surface area contributed by atoms with Crippen LogP contribution in [0.5, 0.6) is 0 Å². The van der Waals surface area contributed by atoms with Crippen LogP contribution in [0.2, 0.25) is 0 Å². The molecular formula is C19H36ClN3O2. The number of piperidine rings is 1. The smallest absolute Gasteiger partial charge is 0.246 e. The van der Waals surface area contributed by atoms with Gasteiger partial charge in [0.1, 0.15) is 0 Å². The Morgan fingerprint density at radius 3 is 2.20 bits per heavy atom. The van der Waals surface area contributed by atoms with Gasteiger partial charge in [0.2, 0.25) is 11.8 Å². The minimum absolute atomic E-state index is 0. The van der Waals surface area contributed by atoms with Gasteiger partial charge in [-0.1, -0.05) is 6.58 Å². The van der Waals surface area contributed by atoms with E-state index in [1.54, 1.807) is 6.92 Å². The Morgan fingerprint density at radius 1 is 1.12 bits per heavy atom. The van der Waals surface area contributed by atoms with E-state index in [1.807, 2.05) is 18.7 Å². The molecule has 0 aromatic heterocycles. The standard InChI is InChI=1S/C19H35N3O2.ClH/c1-16(2)18(24)20-19(3,4)11-15-22(5,6)14-10-17(23)21-12-8-7-9-13-21;/h1,7-15H2,2-6H3;1H. The molecule has 146 valence electrons. The molecule has 1 rings (SSSR count). The molecule has 1 saturated heterocycles. The van der Waals surface area contributed by atoms with E-state index in [2.05, 4.69) is 26.0 Å². The SMILES string of the molecule is C=C(C)C(=O)NC(C)(C)CC[N+](C)(C)CCC(=O)N1CCCCC1.[Cl-]. The van der Waals surface area contributed by atoms with Crippen LogP contribution in [0.15, 0.2) is 12.2 Å². The Morgan fingerprint density at radius 2 is 1.68 bits per heavy atom. The van der Waals surface area contributed by atoms with Gasteiger partial charge in [-0.3, -0.25) is 9.59 Å². The van der Waals surface area contributed by atoms with E-state index in [0.717, 1.165) is 49.9 Å². The third kappa shape index (κ3) is 9.26. The Kier molecular flexibility index (Phi) is 9.73. The molecule has 1 aliphatic rings. The summed E-state index contributed by atoms with van der Waals surface area (Å²) in [5, 5.41) is 3.02. The molecule has 0 aliphatic carbocycles. The van der Waals surface area contributed by atoms with Gasteiger partial charge in [0.15, 0.2) is 0 Å². The maximum absolute atomic E-state index is 12.3. The van der Waals surface area contributed by atoms with Crippen molar-refractivity contribution >= 4 is 11.8 Å². The lowest BCUT2D eigenvalue weighted by molar-refractivity contribution is -0.890. The summed E-state index contributed by atoms with van der Waals surface area (Å²) in [5.41, 5.74) is 0.256. The van der Waals surface area contributed by atoms with Crippen LogP contribution in [-0.4, -0.2) is 67.0 Å². The van der Waals surface area contributed by atoms with Gasteiger partial charge in [0.25, 0.3) is 0 Å². The maximum Gasteiger partial charge on any atom is 0.246 e. The lowest BCUT2D eigenvalue weighted by Gasteiger charge is -2.35. The second-order valence-corrected chi connectivity index (χ2v) is 8.44. The molecule has 0 bridgehead atoms. The van der Waals surface area contributed by atoms with Crippen LogP contribution in [-0.2, 0) is 9.59 Å². The zero-order chi connectivity index (χ0) is 18.4. The molecular weight excluding hydrogens is 338 g/mol. The van der Waals surface area contributed by atoms with E-state index < -0.39 is 0 Å². The summed E-state index contributed by atoms with van der Waals surface area (Å²) >= 11 is 0. The number of quaternary nitrogens is 1. The highest BCUT2D eigenvalue weighted by Crippen LogP contribution is 2.15. The fourth-order valence-electron chi connectivity index (χ4n) is 2.87. The minimum atomic E-state index is -0.275. The first-order valence-electron chi connectivity index (χ1n) is 9.10. The molecule has 5 nitrogen and oxygen atoms in total. The van der Waals surface area contributed by atoms with Crippen molar-refractivity contribution in [3.05, 3.63) is 12.2 Å². The highest BCUT2D eigenvalue weighted by atomic mass is 35.5. The summed E-state index contributed by atoms with van der Waals surface area (Å²) in [6, 6.07) is 0. The Hall–Kier alpha value is -1.07. The predicted molar refractivity (Wildman–Crippen MR) is 98.5 cm³/mol. The molecule has 0 spiro atoms. The van der Waals surface area contributed by atoms with Crippen molar-refractivity contribution in [3.8, 4) is 0 Å². The number of hydrogen-bond acceptors (Lipinski definition) is 2. The van der Waals surface area contributed by atoms with Gasteiger partial charge in [-0.2, -0.15) is 0 Å². The fourth-order valence-corrected chi connectivity index (χ4v) is 2.87. The van der Waals surface area contributed by atoms with E-state index >= 15 is 0 Å². The summed E-state index contributed by atoms with van der Waals surface area (Å²) in [5.74, 6) is 0.196. The zero-order valence-corrected chi connectivity index (χ0v) is 17.4. The molecule has 0 aromatic rings. The monoisotopic (exact) mass is 373 g/mol. The van der Waals surface area contributed by atoms with Crippen molar-refractivity contribution in [2.24, 2.45) is 0 Å². The lowest BCUT2D eigenvalue weighted by atomic mass is 9.99. The van der Waals surface area contributed by atoms with Crippen LogP contribution in [0.1, 0.15) is 52.9 Å². The number of likely N-dealkylation sites (tertiary alicyclic amines) is 1. The molecule has 0 aromatic carbocycles. The number of rotatable bonds is 8. The molecule has 1 N–H and O–H groups in total. The van der Waals surface area contributed by atoms with Gasteiger partial charge in [0, 0.05) is 30.6 Å². The van der Waals surface area contributed by atoms with Gasteiger partial charge in [-0.15, -0.1) is 0 Å². The number of carbonyl (C=O) groups excluding carboxylic acids is 2. The van der Waals surface area contributed by atoms with Crippen LogP contribution < -0.4 is 17.7 Å². The van der Waals surface area contributed by atoms with Crippen molar-refractivity contribution in [2.75, 3.05) is 40.3 Å². The number of halogens is 1. The van der Waals surface area contributed by atoms with E-state index in [4.69, 9.17) is 0 Å². The first kappa shape index (κ1) is 23.9. The van der Waals surface area contributed by atoms with Crippen molar-refractivity contribution in [1.29, 1.82) is 0 Å². The molecule has 0 saturated carbocycles. The second-order valence-electron chi connectivity index (χ2n) is 8.44. The number of amides is 2. The second kappa shape index (κ2) is 10.2. The van der Waals surface area contributed by atoms with Gasteiger partial charge in [-0.05, 0) is 40.0 Å². The largest absolute Gasteiger partial charge is 1.00 e. The molecule has 0 unspecified atom stereocenters. The van der Waals surface area contributed by atoms with E-state index in [0.29, 0.717) is 12.0 Å². The predicted octanol–water partition coefficient (Wildman–Crippen LogP) is -0.670. The molecule has 1 aliphatic heterocycles. The van der Waals surface area contributed by atoms with Crippen LogP contribution in [0, 0.1) is 0 Å². The average molecular weight is 374 g/mol. The van der Waals surface area contributed by atoms with Crippen molar-refractivity contribution in [1.82, 2.24) is 10.2 Å². The molecule has 6 heteroatoms. The average Bonchev–Trinajstić information content (AvgIpc) is 2.51. The van der Waals surface area contributed by atoms with Crippen LogP contribution >= 0.6 is 0 Å². The molecule has 0 atom stereocenters. The quantitative estimate of drug-likeness (QED) is 0.453. The van der Waals surface area contributed by atoms with E-state index in [1.165, 1.54) is 6.42 Å². The van der Waals surface area contributed by atoms with E-state index in [-0.39, 0.29) is 29.8 Å². The van der Waals surface area contributed by atoms with Gasteiger partial charge in [-0.25, -0.2) is 0 Å². The molecule has 25 heavy (non-hydrogen) atoms. The number of nitrogens with one attached hydrogen (secondary N) is 1. The number of hydrogen-bond donors (Lipinski definition) is 1. The Labute approximate surface area is 159 Å². The van der Waals surface area contributed by atoms with Crippen molar-refractivity contribution in [2.45, 2.75) is 58.4 Å². The number of nitrogens with zero attached hydrogens (tertiary/aromatic N) is 2. The number of carbonyl (C=O) groups is 2. The maximum atomic E-state index is 12.3. The van der Waals surface area contributed by atoms with Crippen LogP contribution in [0.25, 0.3) is 0 Å². The first-order valence-corrected chi connectivity index (χ1v) is 9.10. The molecule has 2 amide bonds. The highest BCUT2D eigenvalue weighted by molar-refractivity contribution is 5.92. The summed E-state index contributed by atoms with van der Waals surface area (Å²) < 4.78 is 0.784. The summed E-state index contributed by atoms with van der Waals surface area (Å²) in [6.07, 6.45) is 4.99. The van der Waals surface area contributed by atoms with Gasteiger partial charge in [0.05, 0.1) is 33.6 Å². The zero-order valence-electron chi connectivity index (χ0n) is 16.7. The topological polar surface area (TPSA) is 49.4 Å². The molecule has 1 heterocycles. The summed E-state index contributed by atoms with van der Waals surface area (Å²) in [4.78, 5) is 26.1. The molecule has 0 radical (unpaired) electrons. The lowest BCUT2D eigenvalue weighted by Crippen LogP contribution is -3.00. The summed E-state index contributed by atoms with van der Waals surface area (Å²) in [7, 11) is 4.31. The third-order valence-corrected chi connectivity index (χ3v) is 4.82. The Bertz CT molecular complexity index is 469. The minimum Gasteiger partial charge on any atom is -1.00 e. The van der Waals surface area contributed by atoms with Gasteiger partial charge < -0.3 is 27.1 Å². The van der Waals surface area contributed by atoms with Gasteiger partial charge >= 0.3 is 0 Å². The third-order valence-electron chi connectivity index (χ3n) is 4.82. The van der Waals surface area contributed by atoms with Crippen molar-refractivity contribution < 1.29 is 26.5 Å². The first-order chi connectivity index (χ1) is 11.0. The van der Waals surface area contributed by atoms with Crippen LogP contribution in [0.4, 0.5) is 0 Å². The van der Waals surface area contributed by atoms with Crippen LogP contribution in [0.3, 0.4) is 0 Å². The summed E-state index contributed by atoms with van der Waals surface area (Å²) in [6.45, 7) is 13.1. The molecule has 1 fully saturated rings. The van der Waals surface area contributed by atoms with Crippen molar-refractivity contribution in [3.63, 3.8) is 0 Å². The Balaban J connectivity index is 0.00000576. The fraction of sp³-hybridized carbons (Fsp3) is 0.789. The highest BCUT2D eigenvalue weighted by Gasteiger charge is 2.27. The van der Waals surface area contributed by atoms with E-state index in [9.17, 15) is 9.59 Å².